The van der Waals surface area contributed by atoms with Gasteiger partial charge in [-0.25, -0.2) is 0 Å². The zero-order valence-corrected chi connectivity index (χ0v) is 14.5. The summed E-state index contributed by atoms with van der Waals surface area (Å²) in [5.74, 6) is 0. The van der Waals surface area contributed by atoms with Crippen LogP contribution in [0.4, 0.5) is 64.1 Å². The molecule has 0 aromatic heterocycles. The molecule has 0 atom stereocenters. The lowest BCUT2D eigenvalue weighted by atomic mass is 10.1. The standard InChI is InChI=1S/C17H8F12N2/c18-14(19,20)8-1-9(15(21,22)23)4-12(3-8)30-7-31-13-5-10(16(24,25)26)2-11(6-13)17(27,28)29/h1-6,30-31H. The van der Waals surface area contributed by atoms with Gasteiger partial charge in [0.25, 0.3) is 0 Å². The Morgan fingerprint density at radius 3 is 0.839 bits per heavy atom. The first-order valence-electron chi connectivity index (χ1n) is 7.73. The lowest BCUT2D eigenvalue weighted by Crippen LogP contribution is -2.14. The second-order valence-corrected chi connectivity index (χ2v) is 5.96. The van der Waals surface area contributed by atoms with Gasteiger partial charge < -0.3 is 10.6 Å². The van der Waals surface area contributed by atoms with Crippen molar-refractivity contribution in [2.75, 3.05) is 10.6 Å². The predicted octanol–water partition coefficient (Wildman–Crippen LogP) is 7.28. The minimum absolute atomic E-state index is 0.166. The molecular formula is C17H8F12N2. The fourth-order valence-corrected chi connectivity index (χ4v) is 2.23. The fourth-order valence-electron chi connectivity index (χ4n) is 2.23. The number of halogens is 12. The number of nitrogens with one attached hydrogen (secondary N) is 2. The molecule has 0 fully saturated rings. The molecule has 2 N–H and O–H groups in total. The second-order valence-electron chi connectivity index (χ2n) is 5.96. The smallest absolute Gasteiger partial charge is 0.356 e. The number of anilines is 2. The summed E-state index contributed by atoms with van der Waals surface area (Å²) in [4.78, 5) is 0. The highest BCUT2D eigenvalue weighted by molar-refractivity contribution is 5.56. The summed E-state index contributed by atoms with van der Waals surface area (Å²) >= 11 is 0. The Labute approximate surface area is 165 Å². The van der Waals surface area contributed by atoms with E-state index in [1.165, 1.54) is 0 Å². The number of hydrogen-bond donors (Lipinski definition) is 2. The molecule has 2 radical (unpaired) electrons. The van der Waals surface area contributed by atoms with Gasteiger partial charge in [0.15, 0.2) is 0 Å². The Hall–Kier alpha value is -2.80. The minimum Gasteiger partial charge on any atom is -0.356 e. The van der Waals surface area contributed by atoms with Crippen molar-refractivity contribution in [3.05, 3.63) is 65.3 Å². The monoisotopic (exact) mass is 468 g/mol. The first-order valence-corrected chi connectivity index (χ1v) is 7.73. The topological polar surface area (TPSA) is 24.1 Å². The molecule has 2 aromatic rings. The van der Waals surface area contributed by atoms with Crippen LogP contribution >= 0.6 is 0 Å². The van der Waals surface area contributed by atoms with E-state index in [1.54, 1.807) is 6.67 Å². The van der Waals surface area contributed by atoms with Crippen LogP contribution < -0.4 is 10.6 Å². The molecule has 0 saturated carbocycles. The molecule has 0 amide bonds. The van der Waals surface area contributed by atoms with Crippen LogP contribution in [0.5, 0.6) is 0 Å². The van der Waals surface area contributed by atoms with Gasteiger partial charge in [-0.3, -0.25) is 0 Å². The Morgan fingerprint density at radius 2 is 0.645 bits per heavy atom. The van der Waals surface area contributed by atoms with Gasteiger partial charge in [-0.2, -0.15) is 52.7 Å². The second kappa shape index (κ2) is 8.04. The summed E-state index contributed by atoms with van der Waals surface area (Å²) in [7, 11) is 0. The lowest BCUT2D eigenvalue weighted by Gasteiger charge is -2.16. The van der Waals surface area contributed by atoms with Crippen molar-refractivity contribution in [3.63, 3.8) is 0 Å². The zero-order chi connectivity index (χ0) is 23.8. The Morgan fingerprint density at radius 1 is 0.419 bits per heavy atom. The molecule has 2 rings (SSSR count). The van der Waals surface area contributed by atoms with Gasteiger partial charge in [0.05, 0.1) is 22.3 Å². The summed E-state index contributed by atoms with van der Waals surface area (Å²) in [6, 6.07) is 0.658. The van der Waals surface area contributed by atoms with Gasteiger partial charge in [0.1, 0.15) is 0 Å². The van der Waals surface area contributed by atoms with Crippen molar-refractivity contribution in [3.8, 4) is 0 Å². The van der Waals surface area contributed by atoms with Crippen LogP contribution in [-0.4, -0.2) is 0 Å². The number of hydrogen-bond acceptors (Lipinski definition) is 2. The quantitative estimate of drug-likeness (QED) is 0.364. The number of alkyl halides is 12. The fraction of sp³-hybridized carbons (Fsp3) is 0.235. The third-order valence-electron chi connectivity index (χ3n) is 3.59. The van der Waals surface area contributed by atoms with Crippen LogP contribution in [0, 0.1) is 6.67 Å². The van der Waals surface area contributed by atoms with E-state index in [2.05, 4.69) is 0 Å². The predicted molar refractivity (Wildman–Crippen MR) is 83.4 cm³/mol. The molecule has 31 heavy (non-hydrogen) atoms. The first-order chi connectivity index (χ1) is 13.9. The van der Waals surface area contributed by atoms with E-state index in [1.807, 2.05) is 10.6 Å². The maximum absolute atomic E-state index is 12.8. The first kappa shape index (κ1) is 24.5. The van der Waals surface area contributed by atoms with Gasteiger partial charge in [-0.05, 0) is 36.4 Å². The Kier molecular flexibility index (Phi) is 6.34. The summed E-state index contributed by atoms with van der Waals surface area (Å²) in [6.07, 6.45) is -20.6. The normalized spacial score (nSPS) is 13.3. The van der Waals surface area contributed by atoms with Gasteiger partial charge in [0, 0.05) is 11.4 Å². The number of rotatable bonds is 4. The van der Waals surface area contributed by atoms with E-state index >= 15 is 0 Å². The van der Waals surface area contributed by atoms with E-state index < -0.39 is 58.3 Å². The molecule has 0 aliphatic heterocycles. The average Bonchev–Trinajstić information content (AvgIpc) is 2.58. The highest BCUT2D eigenvalue weighted by Gasteiger charge is 2.38. The van der Waals surface area contributed by atoms with Crippen LogP contribution in [-0.2, 0) is 24.7 Å². The molecule has 0 bridgehead atoms. The molecule has 2 nitrogen and oxygen atoms in total. The van der Waals surface area contributed by atoms with Gasteiger partial charge >= 0.3 is 24.7 Å². The van der Waals surface area contributed by atoms with Crippen LogP contribution in [0.25, 0.3) is 0 Å². The molecule has 2 aromatic carbocycles. The van der Waals surface area contributed by atoms with E-state index in [4.69, 9.17) is 0 Å². The maximum atomic E-state index is 12.8. The average molecular weight is 468 g/mol. The highest BCUT2D eigenvalue weighted by Crippen LogP contribution is 2.39. The molecular weight excluding hydrogens is 460 g/mol. The zero-order valence-electron chi connectivity index (χ0n) is 14.5. The molecule has 0 unspecified atom stereocenters. The van der Waals surface area contributed by atoms with Crippen molar-refractivity contribution in [1.82, 2.24) is 0 Å². The largest absolute Gasteiger partial charge is 0.416 e. The molecule has 0 heterocycles. The highest BCUT2D eigenvalue weighted by atomic mass is 19.4. The maximum Gasteiger partial charge on any atom is 0.416 e. The molecule has 0 spiro atoms. The van der Waals surface area contributed by atoms with E-state index in [0.717, 1.165) is 0 Å². The van der Waals surface area contributed by atoms with Crippen LogP contribution in [0.2, 0.25) is 0 Å². The Balaban J connectivity index is 2.29. The minimum atomic E-state index is -5.16. The summed E-state index contributed by atoms with van der Waals surface area (Å²) in [5.41, 5.74) is -8.40. The van der Waals surface area contributed by atoms with Gasteiger partial charge in [-0.15, -0.1) is 0 Å². The van der Waals surface area contributed by atoms with E-state index in [9.17, 15) is 52.7 Å². The third kappa shape index (κ3) is 6.59. The SMILES string of the molecule is FC(F)(F)c1cc(N[C]Nc2cc(C(F)(F)F)cc(C(F)(F)F)c2)cc(C(F)(F)F)c1. The van der Waals surface area contributed by atoms with Crippen LogP contribution in [0.3, 0.4) is 0 Å². The van der Waals surface area contributed by atoms with Crippen LogP contribution in [0.15, 0.2) is 36.4 Å². The Bertz CT molecular complexity index is 783. The van der Waals surface area contributed by atoms with E-state index in [0.29, 0.717) is 0 Å². The summed E-state index contributed by atoms with van der Waals surface area (Å²) in [6.45, 7) is 1.76. The molecule has 0 saturated heterocycles. The number of benzene rings is 2. The van der Waals surface area contributed by atoms with E-state index in [-0.39, 0.29) is 36.4 Å². The van der Waals surface area contributed by atoms with Crippen molar-refractivity contribution < 1.29 is 52.7 Å². The van der Waals surface area contributed by atoms with Crippen LogP contribution in [0.1, 0.15) is 22.3 Å². The van der Waals surface area contributed by atoms with Crippen molar-refractivity contribution in [1.29, 1.82) is 0 Å². The molecule has 0 aliphatic carbocycles. The molecule has 14 heteroatoms. The van der Waals surface area contributed by atoms with Gasteiger partial charge in [0.2, 0.25) is 6.67 Å². The van der Waals surface area contributed by atoms with Crippen molar-refractivity contribution in [2.45, 2.75) is 24.7 Å². The van der Waals surface area contributed by atoms with Crippen molar-refractivity contribution >= 4 is 11.4 Å². The van der Waals surface area contributed by atoms with Gasteiger partial charge in [-0.1, -0.05) is 0 Å². The molecule has 0 aliphatic rings. The lowest BCUT2D eigenvalue weighted by molar-refractivity contribution is -0.144. The van der Waals surface area contributed by atoms with Crippen molar-refractivity contribution in [2.24, 2.45) is 0 Å². The summed E-state index contributed by atoms with van der Waals surface area (Å²) < 4.78 is 153. The third-order valence-corrected chi connectivity index (χ3v) is 3.59. The summed E-state index contributed by atoms with van der Waals surface area (Å²) in [5, 5.41) is 3.62. The molecule has 170 valence electrons.